The van der Waals surface area contributed by atoms with Gasteiger partial charge in [-0.2, -0.15) is 0 Å². The molecule has 2 rings (SSSR count). The summed E-state index contributed by atoms with van der Waals surface area (Å²) in [5, 5.41) is 4.31. The predicted octanol–water partition coefficient (Wildman–Crippen LogP) is 1.20. The minimum Gasteiger partial charge on any atom is -0.361 e. The number of aryl methyl sites for hydroxylation is 1. The van der Waals surface area contributed by atoms with E-state index in [9.17, 15) is 14.4 Å². The van der Waals surface area contributed by atoms with Gasteiger partial charge in [0.2, 0.25) is 0 Å². The fraction of sp³-hybridized carbons (Fsp3) is 0.0769. The molecule has 10 heteroatoms. The van der Waals surface area contributed by atoms with Gasteiger partial charge in [0.1, 0.15) is 17.0 Å². The van der Waals surface area contributed by atoms with E-state index in [1.807, 2.05) is 10.9 Å². The van der Waals surface area contributed by atoms with Gasteiger partial charge in [0.25, 0.3) is 5.91 Å². The second kappa shape index (κ2) is 6.67. The molecule has 1 aromatic carbocycles. The van der Waals surface area contributed by atoms with Crippen molar-refractivity contribution in [2.45, 2.75) is 6.92 Å². The Balaban J connectivity index is 2.38. The average molecular weight is 357 g/mol. The van der Waals surface area contributed by atoms with Crippen LogP contribution in [0.1, 0.15) is 16.1 Å². The maximum absolute atomic E-state index is 12.2. The zero-order valence-electron chi connectivity index (χ0n) is 11.6. The summed E-state index contributed by atoms with van der Waals surface area (Å²) in [6, 6.07) is 4.78. The van der Waals surface area contributed by atoms with E-state index >= 15 is 0 Å². The van der Waals surface area contributed by atoms with E-state index in [1.54, 1.807) is 18.2 Å². The van der Waals surface area contributed by atoms with Crippen molar-refractivity contribution < 1.29 is 18.9 Å². The van der Waals surface area contributed by atoms with Crippen molar-refractivity contribution in [3.05, 3.63) is 39.6 Å². The van der Waals surface area contributed by atoms with E-state index in [-0.39, 0.29) is 27.1 Å². The zero-order chi connectivity index (χ0) is 17.1. The smallest absolute Gasteiger partial charge is 0.327 e. The van der Waals surface area contributed by atoms with Crippen LogP contribution in [-0.2, 0) is 9.59 Å². The summed E-state index contributed by atoms with van der Waals surface area (Å²) >= 11 is 12.2. The number of halogens is 2. The number of carbonyl (C=O) groups excluding carboxylic acids is 3. The molecule has 0 aliphatic heterocycles. The molecule has 4 N–H and O–H groups in total. The minimum absolute atomic E-state index is 0.00442. The molecule has 0 saturated carbocycles. The Kier molecular flexibility index (Phi) is 4.87. The van der Waals surface area contributed by atoms with Gasteiger partial charge in [-0.15, -0.1) is 0 Å². The fourth-order valence-electron chi connectivity index (χ4n) is 1.77. The van der Waals surface area contributed by atoms with E-state index in [0.29, 0.717) is 5.56 Å². The van der Waals surface area contributed by atoms with E-state index in [4.69, 9.17) is 33.5 Å². The van der Waals surface area contributed by atoms with Crippen molar-refractivity contribution in [2.24, 2.45) is 5.73 Å². The van der Waals surface area contributed by atoms with E-state index in [1.165, 1.54) is 6.92 Å². The van der Waals surface area contributed by atoms with Crippen LogP contribution >= 0.6 is 23.2 Å². The summed E-state index contributed by atoms with van der Waals surface area (Å²) in [6.45, 7) is 1.49. The molecule has 0 atom stereocenters. The van der Waals surface area contributed by atoms with Gasteiger partial charge in [0, 0.05) is 5.56 Å². The number of hydrogen-bond acceptors (Lipinski definition) is 5. The first-order chi connectivity index (χ1) is 10.8. The van der Waals surface area contributed by atoms with Crippen LogP contribution in [-0.4, -0.2) is 22.9 Å². The third-order valence-corrected chi connectivity index (χ3v) is 3.43. The third-order valence-electron chi connectivity index (χ3n) is 2.80. The molecule has 0 fully saturated rings. The van der Waals surface area contributed by atoms with Crippen LogP contribution in [0.3, 0.4) is 0 Å². The lowest BCUT2D eigenvalue weighted by atomic mass is 10.1. The SMILES string of the molecule is Cc1onc(-c2c(Cl)cccc2Cl)c1C(=O)NNC(=O)C(N)=O. The number of amides is 3. The van der Waals surface area contributed by atoms with E-state index in [0.717, 1.165) is 0 Å². The van der Waals surface area contributed by atoms with Crippen LogP contribution in [0.15, 0.2) is 22.7 Å². The molecule has 2 aromatic rings. The molecule has 0 saturated heterocycles. The topological polar surface area (TPSA) is 127 Å². The fourth-order valence-corrected chi connectivity index (χ4v) is 2.35. The molecule has 8 nitrogen and oxygen atoms in total. The van der Waals surface area contributed by atoms with Gasteiger partial charge in [-0.25, -0.2) is 0 Å². The largest absolute Gasteiger partial charge is 0.361 e. The molecule has 0 unspecified atom stereocenters. The molecule has 1 aromatic heterocycles. The van der Waals surface area contributed by atoms with E-state index in [2.05, 4.69) is 5.16 Å². The molecule has 0 aliphatic carbocycles. The molecule has 3 amide bonds. The summed E-state index contributed by atoms with van der Waals surface area (Å²) in [5.74, 6) is -3.03. The molecule has 1 heterocycles. The highest BCUT2D eigenvalue weighted by atomic mass is 35.5. The van der Waals surface area contributed by atoms with Crippen molar-refractivity contribution in [1.29, 1.82) is 0 Å². The summed E-state index contributed by atoms with van der Waals surface area (Å²) in [4.78, 5) is 33.9. The maximum Gasteiger partial charge on any atom is 0.327 e. The van der Waals surface area contributed by atoms with Crippen molar-refractivity contribution in [1.82, 2.24) is 16.0 Å². The number of hydrazine groups is 1. The minimum atomic E-state index is -1.25. The Morgan fingerprint density at radius 3 is 2.35 bits per heavy atom. The predicted molar refractivity (Wildman–Crippen MR) is 81.5 cm³/mol. The van der Waals surface area contributed by atoms with E-state index < -0.39 is 17.7 Å². The van der Waals surface area contributed by atoms with Crippen LogP contribution in [0, 0.1) is 6.92 Å². The Bertz CT molecular complexity index is 783. The second-order valence-electron chi connectivity index (χ2n) is 4.33. The van der Waals surface area contributed by atoms with Crippen LogP contribution in [0.4, 0.5) is 0 Å². The summed E-state index contributed by atoms with van der Waals surface area (Å²) in [6.07, 6.45) is 0. The molecule has 0 radical (unpaired) electrons. The van der Waals surface area contributed by atoms with Crippen molar-refractivity contribution in [2.75, 3.05) is 0 Å². The quantitative estimate of drug-likeness (QED) is 0.550. The standard InChI is InChI=1S/C13H10Cl2N4O4/c1-5-8(12(21)17-18-13(22)11(16)20)10(19-23-5)9-6(14)3-2-4-7(9)15/h2-4H,1H3,(H2,16,20)(H,17,21)(H,18,22). The lowest BCUT2D eigenvalue weighted by molar-refractivity contribution is -0.137. The molecular formula is C13H10Cl2N4O4. The second-order valence-corrected chi connectivity index (χ2v) is 5.15. The molecule has 120 valence electrons. The third kappa shape index (κ3) is 3.43. The molecule has 0 aliphatic rings. The van der Waals surface area contributed by atoms with Crippen LogP contribution in [0.2, 0.25) is 10.0 Å². The average Bonchev–Trinajstić information content (AvgIpc) is 2.85. The van der Waals surface area contributed by atoms with Gasteiger partial charge in [0.05, 0.1) is 10.0 Å². The number of aromatic nitrogens is 1. The first-order valence-corrected chi connectivity index (χ1v) is 6.89. The highest BCUT2D eigenvalue weighted by Gasteiger charge is 2.25. The van der Waals surface area contributed by atoms with Crippen LogP contribution in [0.5, 0.6) is 0 Å². The van der Waals surface area contributed by atoms with Crippen molar-refractivity contribution in [3.63, 3.8) is 0 Å². The first kappa shape index (κ1) is 16.8. The maximum atomic E-state index is 12.2. The lowest BCUT2D eigenvalue weighted by Crippen LogP contribution is -2.47. The number of rotatable bonds is 2. The number of nitrogens with two attached hydrogens (primary N) is 1. The Hall–Kier alpha value is -2.58. The highest BCUT2D eigenvalue weighted by Crippen LogP contribution is 2.36. The zero-order valence-corrected chi connectivity index (χ0v) is 13.2. The van der Waals surface area contributed by atoms with Gasteiger partial charge in [-0.05, 0) is 19.1 Å². The van der Waals surface area contributed by atoms with Crippen molar-refractivity contribution in [3.8, 4) is 11.3 Å². The molecule has 23 heavy (non-hydrogen) atoms. The number of hydrogen-bond donors (Lipinski definition) is 3. The molecular weight excluding hydrogens is 347 g/mol. The Morgan fingerprint density at radius 2 is 1.78 bits per heavy atom. The normalized spacial score (nSPS) is 10.2. The highest BCUT2D eigenvalue weighted by molar-refractivity contribution is 6.39. The number of primary amides is 1. The van der Waals surface area contributed by atoms with Crippen LogP contribution in [0.25, 0.3) is 11.3 Å². The van der Waals surface area contributed by atoms with Gasteiger partial charge < -0.3 is 10.3 Å². The summed E-state index contributed by atoms with van der Waals surface area (Å²) < 4.78 is 5.00. The summed E-state index contributed by atoms with van der Waals surface area (Å²) in [7, 11) is 0. The Morgan fingerprint density at radius 1 is 1.17 bits per heavy atom. The summed E-state index contributed by atoms with van der Waals surface area (Å²) in [5.41, 5.74) is 9.06. The molecule has 0 bridgehead atoms. The Labute approximate surface area is 139 Å². The van der Waals surface area contributed by atoms with Crippen molar-refractivity contribution >= 4 is 40.9 Å². The number of carbonyl (C=O) groups is 3. The van der Waals surface area contributed by atoms with Gasteiger partial charge in [0.15, 0.2) is 0 Å². The van der Waals surface area contributed by atoms with Gasteiger partial charge in [-0.1, -0.05) is 34.4 Å². The monoisotopic (exact) mass is 356 g/mol. The lowest BCUT2D eigenvalue weighted by Gasteiger charge is -2.08. The van der Waals surface area contributed by atoms with Crippen LogP contribution < -0.4 is 16.6 Å². The number of nitrogens with zero attached hydrogens (tertiary/aromatic N) is 1. The number of benzene rings is 1. The first-order valence-electron chi connectivity index (χ1n) is 6.13. The van der Waals surface area contributed by atoms with Gasteiger partial charge >= 0.3 is 11.8 Å². The molecule has 0 spiro atoms. The van der Waals surface area contributed by atoms with Gasteiger partial charge in [-0.3, -0.25) is 25.2 Å². The number of nitrogens with one attached hydrogen (secondary N) is 2.